The number of amides is 1. The highest BCUT2D eigenvalue weighted by Gasteiger charge is 2.27. The zero-order valence-electron chi connectivity index (χ0n) is 18.7. The van der Waals surface area contributed by atoms with Crippen molar-refractivity contribution in [2.45, 2.75) is 44.6 Å². The third kappa shape index (κ3) is 6.31. The van der Waals surface area contributed by atoms with E-state index in [1.54, 1.807) is 13.8 Å². The first kappa shape index (κ1) is 25.8. The molecule has 0 bridgehead atoms. The van der Waals surface area contributed by atoms with Crippen LogP contribution in [-0.2, 0) is 19.6 Å². The Morgan fingerprint density at radius 3 is 2.28 bits per heavy atom. The Morgan fingerprint density at radius 2 is 1.69 bits per heavy atom. The van der Waals surface area contributed by atoms with Crippen molar-refractivity contribution in [1.82, 2.24) is 9.62 Å². The molecule has 0 aliphatic rings. The molecule has 2 atom stereocenters. The lowest BCUT2D eigenvalue weighted by molar-refractivity contribution is -0.129. The summed E-state index contributed by atoms with van der Waals surface area (Å²) >= 11 is 6.10. The van der Waals surface area contributed by atoms with Crippen LogP contribution in [-0.4, -0.2) is 50.3 Å². The molecule has 0 aromatic heterocycles. The molecule has 0 fully saturated rings. The van der Waals surface area contributed by atoms with Crippen molar-refractivity contribution in [3.05, 3.63) is 64.7 Å². The van der Waals surface area contributed by atoms with E-state index in [4.69, 9.17) is 16.3 Å². The highest BCUT2D eigenvalue weighted by Crippen LogP contribution is 2.26. The van der Waals surface area contributed by atoms with Gasteiger partial charge in [0, 0.05) is 19.6 Å². The average Bonchev–Trinajstić information content (AvgIpc) is 2.78. The number of nitrogens with one attached hydrogen (secondary N) is 1. The number of halogens is 1. The zero-order valence-corrected chi connectivity index (χ0v) is 20.2. The number of carbonyl (C=O) groups excluding carboxylic acids is 2. The Kier molecular flexibility index (Phi) is 9.24. The summed E-state index contributed by atoms with van der Waals surface area (Å²) in [5, 5.41) is 2.78. The van der Waals surface area contributed by atoms with Gasteiger partial charge in [-0.15, -0.1) is 0 Å². The number of ether oxygens (including phenoxy) is 1. The molecule has 0 spiro atoms. The molecule has 174 valence electrons. The first-order valence-corrected chi connectivity index (χ1v) is 12.3. The Morgan fingerprint density at radius 1 is 1.06 bits per heavy atom. The van der Waals surface area contributed by atoms with Gasteiger partial charge in [0.15, 0.2) is 6.10 Å². The van der Waals surface area contributed by atoms with Crippen LogP contribution in [0.25, 0.3) is 0 Å². The quantitative estimate of drug-likeness (QED) is 0.521. The van der Waals surface area contributed by atoms with E-state index in [0.29, 0.717) is 6.54 Å². The molecule has 9 heteroatoms. The molecule has 1 amide bonds. The Labute approximate surface area is 194 Å². The fraction of sp³-hybridized carbons (Fsp3) is 0.391. The molecule has 0 aliphatic heterocycles. The lowest BCUT2D eigenvalue weighted by atomic mass is 10.0. The lowest BCUT2D eigenvalue weighted by Crippen LogP contribution is -2.37. The smallest absolute Gasteiger partial charge is 0.338 e. The van der Waals surface area contributed by atoms with Gasteiger partial charge in [0.2, 0.25) is 10.0 Å². The van der Waals surface area contributed by atoms with Gasteiger partial charge in [-0.25, -0.2) is 13.2 Å². The van der Waals surface area contributed by atoms with E-state index in [1.807, 2.05) is 37.3 Å². The van der Waals surface area contributed by atoms with Gasteiger partial charge in [-0.1, -0.05) is 62.7 Å². The van der Waals surface area contributed by atoms with Gasteiger partial charge in [-0.2, -0.15) is 4.31 Å². The average molecular weight is 481 g/mol. The third-order valence-corrected chi connectivity index (χ3v) is 7.63. The van der Waals surface area contributed by atoms with E-state index in [9.17, 15) is 18.0 Å². The minimum atomic E-state index is -3.86. The van der Waals surface area contributed by atoms with Crippen LogP contribution in [0.1, 0.15) is 49.5 Å². The summed E-state index contributed by atoms with van der Waals surface area (Å²) in [6.07, 6.45) is -1.05. The SMILES string of the molecule is CCN(CC)S(=O)(=O)c1cc(C(=O)OC(C)C(=O)NCC(C)c2ccccc2)ccc1Cl. The van der Waals surface area contributed by atoms with Gasteiger partial charge in [-0.05, 0) is 36.6 Å². The predicted molar refractivity (Wildman–Crippen MR) is 124 cm³/mol. The highest BCUT2D eigenvalue weighted by atomic mass is 35.5. The van der Waals surface area contributed by atoms with Crippen LogP contribution in [0.4, 0.5) is 0 Å². The minimum Gasteiger partial charge on any atom is -0.449 e. The van der Waals surface area contributed by atoms with Crippen molar-refractivity contribution < 1.29 is 22.7 Å². The molecule has 0 heterocycles. The van der Waals surface area contributed by atoms with E-state index in [0.717, 1.165) is 5.56 Å². The molecule has 2 rings (SSSR count). The summed E-state index contributed by atoms with van der Waals surface area (Å²) < 4.78 is 32.1. The molecular weight excluding hydrogens is 452 g/mol. The van der Waals surface area contributed by atoms with Crippen molar-refractivity contribution in [3.8, 4) is 0 Å². The van der Waals surface area contributed by atoms with Crippen molar-refractivity contribution in [1.29, 1.82) is 0 Å². The number of hydrogen-bond donors (Lipinski definition) is 1. The second-order valence-electron chi connectivity index (χ2n) is 7.34. The van der Waals surface area contributed by atoms with E-state index in [2.05, 4.69) is 5.32 Å². The second kappa shape index (κ2) is 11.4. The minimum absolute atomic E-state index is 0.00238. The van der Waals surface area contributed by atoms with Gasteiger partial charge < -0.3 is 10.1 Å². The topological polar surface area (TPSA) is 92.8 Å². The normalized spacial score (nSPS) is 13.4. The fourth-order valence-electron chi connectivity index (χ4n) is 3.11. The standard InChI is InChI=1S/C23H29ClN2O5S/c1-5-26(6-2)32(29,30)21-14-19(12-13-20(21)24)23(28)31-17(4)22(27)25-15-16(3)18-10-8-7-9-11-18/h7-14,16-17H,5-6,15H2,1-4H3,(H,25,27). The maximum atomic E-state index is 12.8. The fourth-order valence-corrected chi connectivity index (χ4v) is 5.07. The number of esters is 1. The maximum absolute atomic E-state index is 12.8. The van der Waals surface area contributed by atoms with E-state index < -0.39 is 28.0 Å². The highest BCUT2D eigenvalue weighted by molar-refractivity contribution is 7.89. The summed E-state index contributed by atoms with van der Waals surface area (Å²) in [6.45, 7) is 7.79. The first-order chi connectivity index (χ1) is 15.1. The molecule has 0 aliphatic carbocycles. The van der Waals surface area contributed by atoms with Gasteiger partial charge in [0.05, 0.1) is 10.6 Å². The molecule has 0 saturated heterocycles. The largest absolute Gasteiger partial charge is 0.449 e. The van der Waals surface area contributed by atoms with E-state index in [1.165, 1.54) is 29.4 Å². The first-order valence-electron chi connectivity index (χ1n) is 10.4. The van der Waals surface area contributed by atoms with Gasteiger partial charge in [-0.3, -0.25) is 4.79 Å². The molecule has 0 saturated carbocycles. The van der Waals surface area contributed by atoms with Gasteiger partial charge in [0.25, 0.3) is 5.91 Å². The summed E-state index contributed by atoms with van der Waals surface area (Å²) in [4.78, 5) is 24.8. The Hall–Kier alpha value is -2.42. The molecule has 1 N–H and O–H groups in total. The van der Waals surface area contributed by atoms with Crippen molar-refractivity contribution in [3.63, 3.8) is 0 Å². The third-order valence-electron chi connectivity index (χ3n) is 5.09. The van der Waals surface area contributed by atoms with Crippen molar-refractivity contribution in [2.24, 2.45) is 0 Å². The predicted octanol–water partition coefficient (Wildman–Crippen LogP) is 3.84. The van der Waals surface area contributed by atoms with Crippen LogP contribution in [0.5, 0.6) is 0 Å². The van der Waals surface area contributed by atoms with Gasteiger partial charge >= 0.3 is 5.97 Å². The van der Waals surface area contributed by atoms with Crippen LogP contribution in [0.2, 0.25) is 5.02 Å². The van der Waals surface area contributed by atoms with Crippen molar-refractivity contribution in [2.75, 3.05) is 19.6 Å². The summed E-state index contributed by atoms with van der Waals surface area (Å²) in [6, 6.07) is 13.6. The molecule has 2 aromatic rings. The zero-order chi connectivity index (χ0) is 23.9. The van der Waals surface area contributed by atoms with Crippen LogP contribution < -0.4 is 5.32 Å². The Bertz CT molecular complexity index is 1040. The monoisotopic (exact) mass is 480 g/mol. The number of benzene rings is 2. The number of carbonyl (C=O) groups is 2. The molecule has 2 aromatic carbocycles. The lowest BCUT2D eigenvalue weighted by Gasteiger charge is -2.20. The van der Waals surface area contributed by atoms with Crippen LogP contribution >= 0.6 is 11.6 Å². The molecule has 32 heavy (non-hydrogen) atoms. The van der Waals surface area contributed by atoms with Crippen LogP contribution in [0.15, 0.2) is 53.4 Å². The van der Waals surface area contributed by atoms with Crippen molar-refractivity contribution >= 4 is 33.5 Å². The summed E-state index contributed by atoms with van der Waals surface area (Å²) in [5.41, 5.74) is 1.08. The number of hydrogen-bond acceptors (Lipinski definition) is 5. The maximum Gasteiger partial charge on any atom is 0.338 e. The summed E-state index contributed by atoms with van der Waals surface area (Å²) in [5.74, 6) is -1.16. The van der Waals surface area contributed by atoms with Crippen LogP contribution in [0, 0.1) is 0 Å². The molecule has 7 nitrogen and oxygen atoms in total. The van der Waals surface area contributed by atoms with E-state index in [-0.39, 0.29) is 34.5 Å². The molecule has 2 unspecified atom stereocenters. The van der Waals surface area contributed by atoms with E-state index >= 15 is 0 Å². The second-order valence-corrected chi connectivity index (χ2v) is 9.65. The number of rotatable bonds is 10. The number of nitrogens with zero attached hydrogens (tertiary/aromatic N) is 1. The van der Waals surface area contributed by atoms with Crippen LogP contribution in [0.3, 0.4) is 0 Å². The summed E-state index contributed by atoms with van der Waals surface area (Å²) in [7, 11) is -3.86. The number of sulfonamides is 1. The van der Waals surface area contributed by atoms with Gasteiger partial charge in [0.1, 0.15) is 4.90 Å². The Balaban J connectivity index is 2.06. The molecule has 0 radical (unpaired) electrons. The molecular formula is C23H29ClN2O5S.